The molecule has 0 aromatic carbocycles. The molecule has 3 heteroatoms. The van der Waals surface area contributed by atoms with Crippen molar-refractivity contribution in [1.29, 1.82) is 0 Å². The van der Waals surface area contributed by atoms with E-state index in [1.807, 2.05) is 20.8 Å². The van der Waals surface area contributed by atoms with E-state index in [0.717, 1.165) is 18.8 Å². The van der Waals surface area contributed by atoms with Gasteiger partial charge < -0.3 is 9.84 Å². The van der Waals surface area contributed by atoms with E-state index in [2.05, 4.69) is 0 Å². The molecule has 66 valence electrons. The first-order valence-corrected chi connectivity index (χ1v) is 5.01. The number of rotatable bonds is 2. The van der Waals surface area contributed by atoms with E-state index < -0.39 is 5.60 Å². The number of aliphatic hydroxyl groups is 1. The van der Waals surface area contributed by atoms with Crippen LogP contribution in [-0.2, 0) is 4.74 Å². The van der Waals surface area contributed by atoms with Crippen molar-refractivity contribution < 1.29 is 9.84 Å². The highest BCUT2D eigenvalue weighted by Gasteiger charge is 2.46. The summed E-state index contributed by atoms with van der Waals surface area (Å²) in [5.41, 5.74) is -0.700. The molecule has 0 aliphatic carbocycles. The molecule has 2 nitrogen and oxygen atoms in total. The first-order chi connectivity index (χ1) is 5.02. The number of hydrogen-bond donors (Lipinski definition) is 1. The van der Waals surface area contributed by atoms with E-state index >= 15 is 0 Å². The summed E-state index contributed by atoms with van der Waals surface area (Å²) in [4.78, 5) is -0.387. The lowest BCUT2D eigenvalue weighted by molar-refractivity contribution is -0.101. The van der Waals surface area contributed by atoms with Gasteiger partial charge in [-0.15, -0.1) is 11.8 Å². The molecule has 1 heterocycles. The zero-order valence-corrected chi connectivity index (χ0v) is 8.20. The topological polar surface area (TPSA) is 29.5 Å². The minimum Gasteiger partial charge on any atom is -0.386 e. The highest BCUT2D eigenvalue weighted by Crippen LogP contribution is 2.42. The van der Waals surface area contributed by atoms with Gasteiger partial charge in [-0.2, -0.15) is 0 Å². The van der Waals surface area contributed by atoms with Gasteiger partial charge in [0.05, 0.1) is 12.2 Å². The Kier molecular flexibility index (Phi) is 2.52. The fraction of sp³-hybridized carbons (Fsp3) is 1.00. The molecule has 1 aliphatic heterocycles. The molecule has 1 N–H and O–H groups in total. The molecule has 0 bridgehead atoms. The Bertz CT molecular complexity index is 139. The van der Waals surface area contributed by atoms with Crippen LogP contribution in [0.25, 0.3) is 0 Å². The summed E-state index contributed by atoms with van der Waals surface area (Å²) in [6.07, 6.45) is 0.733. The lowest BCUT2D eigenvalue weighted by Gasteiger charge is -2.37. The maximum absolute atomic E-state index is 9.94. The van der Waals surface area contributed by atoms with E-state index in [1.54, 1.807) is 11.8 Å². The Labute approximate surface area is 72.3 Å². The van der Waals surface area contributed by atoms with E-state index in [4.69, 9.17) is 4.74 Å². The van der Waals surface area contributed by atoms with Crippen LogP contribution in [0.1, 0.15) is 27.2 Å². The van der Waals surface area contributed by atoms with Crippen LogP contribution < -0.4 is 0 Å². The SMILES string of the molecule is CCC(C)(O)C1(C)OCCS1. The van der Waals surface area contributed by atoms with Crippen molar-refractivity contribution in [2.45, 2.75) is 37.7 Å². The number of ether oxygens (including phenoxy) is 1. The average Bonchev–Trinajstić information content (AvgIpc) is 2.38. The van der Waals surface area contributed by atoms with Crippen molar-refractivity contribution in [3.05, 3.63) is 0 Å². The largest absolute Gasteiger partial charge is 0.386 e. The molecule has 1 aliphatic rings. The molecule has 2 unspecified atom stereocenters. The van der Waals surface area contributed by atoms with Crippen molar-refractivity contribution >= 4 is 11.8 Å². The molecular formula is C8H16O2S. The molecule has 0 spiro atoms. The van der Waals surface area contributed by atoms with Gasteiger partial charge in [0.2, 0.25) is 0 Å². The van der Waals surface area contributed by atoms with Crippen LogP contribution in [0, 0.1) is 0 Å². The molecule has 1 saturated heterocycles. The monoisotopic (exact) mass is 176 g/mol. The van der Waals surface area contributed by atoms with Crippen molar-refractivity contribution in [2.75, 3.05) is 12.4 Å². The molecule has 11 heavy (non-hydrogen) atoms. The molecule has 0 aromatic rings. The summed E-state index contributed by atoms with van der Waals surface area (Å²) < 4.78 is 5.51. The quantitative estimate of drug-likeness (QED) is 0.693. The van der Waals surface area contributed by atoms with Crippen molar-refractivity contribution in [2.24, 2.45) is 0 Å². The lowest BCUT2D eigenvalue weighted by Crippen LogP contribution is -2.46. The normalized spacial score (nSPS) is 37.1. The fourth-order valence-electron chi connectivity index (χ4n) is 1.15. The molecule has 0 saturated carbocycles. The molecule has 1 fully saturated rings. The van der Waals surface area contributed by atoms with Gasteiger partial charge in [-0.1, -0.05) is 6.92 Å². The van der Waals surface area contributed by atoms with E-state index in [-0.39, 0.29) is 4.93 Å². The smallest absolute Gasteiger partial charge is 0.139 e. The Balaban J connectivity index is 2.69. The van der Waals surface area contributed by atoms with Gasteiger partial charge in [-0.05, 0) is 20.3 Å². The molecular weight excluding hydrogens is 160 g/mol. The lowest BCUT2D eigenvalue weighted by atomic mass is 9.97. The summed E-state index contributed by atoms with van der Waals surface area (Å²) in [6, 6.07) is 0. The van der Waals surface area contributed by atoms with Crippen LogP contribution in [0.5, 0.6) is 0 Å². The summed E-state index contributed by atoms with van der Waals surface area (Å²) >= 11 is 1.70. The molecule has 0 aromatic heterocycles. The van der Waals surface area contributed by atoms with Crippen molar-refractivity contribution in [3.63, 3.8) is 0 Å². The second-order valence-corrected chi connectivity index (χ2v) is 4.75. The molecule has 2 atom stereocenters. The maximum atomic E-state index is 9.94. The minimum absolute atomic E-state index is 0.387. The van der Waals surface area contributed by atoms with Crippen LogP contribution in [0.3, 0.4) is 0 Å². The maximum Gasteiger partial charge on any atom is 0.139 e. The standard InChI is InChI=1S/C8H16O2S/c1-4-7(2,9)8(3)10-5-6-11-8/h9H,4-6H2,1-3H3. The summed E-state index contributed by atoms with van der Waals surface area (Å²) in [7, 11) is 0. The fourth-order valence-corrected chi connectivity index (χ4v) is 2.32. The first kappa shape index (κ1) is 9.36. The van der Waals surface area contributed by atoms with E-state index in [9.17, 15) is 5.11 Å². The Morgan fingerprint density at radius 2 is 2.36 bits per heavy atom. The third-order valence-corrected chi connectivity index (χ3v) is 3.98. The zero-order chi connectivity index (χ0) is 8.54. The van der Waals surface area contributed by atoms with Crippen LogP contribution >= 0.6 is 11.8 Å². The van der Waals surface area contributed by atoms with Crippen LogP contribution in [0.2, 0.25) is 0 Å². The molecule has 1 rings (SSSR count). The highest BCUT2D eigenvalue weighted by molar-refractivity contribution is 8.00. The highest BCUT2D eigenvalue weighted by atomic mass is 32.2. The van der Waals surface area contributed by atoms with Crippen molar-refractivity contribution in [3.8, 4) is 0 Å². The Morgan fingerprint density at radius 3 is 2.73 bits per heavy atom. The van der Waals surface area contributed by atoms with Crippen LogP contribution in [-0.4, -0.2) is 28.0 Å². The predicted molar refractivity (Wildman–Crippen MR) is 47.7 cm³/mol. The van der Waals surface area contributed by atoms with Gasteiger partial charge in [0.15, 0.2) is 0 Å². The summed E-state index contributed by atoms with van der Waals surface area (Å²) in [5.74, 6) is 0.993. The second-order valence-electron chi connectivity index (χ2n) is 3.27. The van der Waals surface area contributed by atoms with Gasteiger partial charge in [0, 0.05) is 5.75 Å². The van der Waals surface area contributed by atoms with Crippen molar-refractivity contribution in [1.82, 2.24) is 0 Å². The Hall–Kier alpha value is 0.270. The summed E-state index contributed by atoms with van der Waals surface area (Å²) in [6.45, 7) is 6.55. The van der Waals surface area contributed by atoms with Gasteiger partial charge in [0.25, 0.3) is 0 Å². The van der Waals surface area contributed by atoms with Gasteiger partial charge >= 0.3 is 0 Å². The number of hydrogen-bond acceptors (Lipinski definition) is 3. The number of thioether (sulfide) groups is 1. The summed E-state index contributed by atoms with van der Waals surface area (Å²) in [5, 5.41) is 9.94. The van der Waals surface area contributed by atoms with Gasteiger partial charge in [-0.3, -0.25) is 0 Å². The zero-order valence-electron chi connectivity index (χ0n) is 7.39. The first-order valence-electron chi connectivity index (χ1n) is 4.02. The minimum atomic E-state index is -0.700. The van der Waals surface area contributed by atoms with Crippen LogP contribution in [0.15, 0.2) is 0 Å². The Morgan fingerprint density at radius 1 is 1.73 bits per heavy atom. The van der Waals surface area contributed by atoms with E-state index in [0.29, 0.717) is 0 Å². The third kappa shape index (κ3) is 1.55. The van der Waals surface area contributed by atoms with Crippen LogP contribution in [0.4, 0.5) is 0 Å². The molecule has 0 radical (unpaired) electrons. The predicted octanol–water partition coefficient (Wildman–Crippen LogP) is 1.63. The van der Waals surface area contributed by atoms with Gasteiger partial charge in [-0.25, -0.2) is 0 Å². The third-order valence-electron chi connectivity index (χ3n) is 2.51. The van der Waals surface area contributed by atoms with Gasteiger partial charge in [0.1, 0.15) is 4.93 Å². The average molecular weight is 176 g/mol. The second kappa shape index (κ2) is 2.96. The van der Waals surface area contributed by atoms with E-state index in [1.165, 1.54) is 0 Å². The molecule has 0 amide bonds.